The molecule has 0 atom stereocenters. The average molecular weight is 342 g/mol. The Hall–Kier alpha value is -1.10. The molecule has 1 heterocycles. The van der Waals surface area contributed by atoms with Crippen LogP contribution in [0.2, 0.25) is 5.02 Å². The monoisotopic (exact) mass is 340 g/mol. The van der Waals surface area contributed by atoms with E-state index in [2.05, 4.69) is 20.9 Å². The molecule has 0 saturated carbocycles. The molecule has 1 aromatic heterocycles. The first-order chi connectivity index (χ1) is 9.01. The summed E-state index contributed by atoms with van der Waals surface area (Å²) in [6.45, 7) is 4.25. The summed E-state index contributed by atoms with van der Waals surface area (Å²) >= 11 is 9.35. The number of nitrogens with two attached hydrogens (primary N) is 1. The van der Waals surface area contributed by atoms with Gasteiger partial charge >= 0.3 is 0 Å². The normalized spacial score (nSPS) is 10.6. The Labute approximate surface area is 125 Å². The third-order valence-corrected chi connectivity index (χ3v) is 3.59. The number of aryl methyl sites for hydroxylation is 2. The molecule has 0 aliphatic heterocycles. The van der Waals surface area contributed by atoms with E-state index in [0.29, 0.717) is 17.3 Å². The molecule has 0 unspecified atom stereocenters. The average Bonchev–Trinajstić information content (AvgIpc) is 2.32. The molecule has 0 aliphatic carbocycles. The molecule has 0 radical (unpaired) electrons. The van der Waals surface area contributed by atoms with Gasteiger partial charge in [0.15, 0.2) is 0 Å². The van der Waals surface area contributed by atoms with Crippen molar-refractivity contribution in [2.24, 2.45) is 5.73 Å². The molecule has 0 fully saturated rings. The van der Waals surface area contributed by atoms with Crippen LogP contribution in [0.15, 0.2) is 28.7 Å². The molecule has 3 nitrogen and oxygen atoms in total. The third-order valence-electron chi connectivity index (χ3n) is 2.74. The summed E-state index contributed by atoms with van der Waals surface area (Å²) < 4.78 is 6.72. The van der Waals surface area contributed by atoms with Crippen molar-refractivity contribution in [1.29, 1.82) is 0 Å². The van der Waals surface area contributed by atoms with Gasteiger partial charge in [0, 0.05) is 34.6 Å². The molecule has 5 heteroatoms. The van der Waals surface area contributed by atoms with E-state index in [4.69, 9.17) is 22.1 Å². The van der Waals surface area contributed by atoms with Gasteiger partial charge in [-0.25, -0.2) is 0 Å². The summed E-state index contributed by atoms with van der Waals surface area (Å²) in [6, 6.07) is 7.28. The van der Waals surface area contributed by atoms with Crippen molar-refractivity contribution in [1.82, 2.24) is 4.98 Å². The van der Waals surface area contributed by atoms with Crippen LogP contribution in [0.4, 0.5) is 0 Å². The maximum Gasteiger partial charge on any atom is 0.141 e. The van der Waals surface area contributed by atoms with Crippen LogP contribution in [0, 0.1) is 13.8 Å². The molecule has 0 bridgehead atoms. The zero-order chi connectivity index (χ0) is 14.0. The molecule has 2 N–H and O–H groups in total. The highest BCUT2D eigenvalue weighted by molar-refractivity contribution is 9.10. The Morgan fingerprint density at radius 1 is 1.26 bits per heavy atom. The first kappa shape index (κ1) is 14.3. The number of benzene rings is 1. The molecule has 2 rings (SSSR count). The van der Waals surface area contributed by atoms with E-state index < -0.39 is 0 Å². The minimum absolute atomic E-state index is 0.389. The SMILES string of the molecule is Cc1cc(Oc2ccc(Cl)cc2Br)c(CN)c(C)n1. The quantitative estimate of drug-likeness (QED) is 0.902. The Morgan fingerprint density at radius 2 is 2.00 bits per heavy atom. The maximum absolute atomic E-state index is 5.92. The molecular weight excluding hydrogens is 328 g/mol. The van der Waals surface area contributed by atoms with E-state index in [9.17, 15) is 0 Å². The van der Waals surface area contributed by atoms with Gasteiger partial charge in [0.1, 0.15) is 11.5 Å². The van der Waals surface area contributed by atoms with Gasteiger partial charge in [-0.3, -0.25) is 4.98 Å². The van der Waals surface area contributed by atoms with Crippen molar-refractivity contribution in [2.75, 3.05) is 0 Å². The topological polar surface area (TPSA) is 48.1 Å². The van der Waals surface area contributed by atoms with E-state index in [-0.39, 0.29) is 0 Å². The predicted molar refractivity (Wildman–Crippen MR) is 80.8 cm³/mol. The van der Waals surface area contributed by atoms with E-state index in [1.54, 1.807) is 12.1 Å². The van der Waals surface area contributed by atoms with Gasteiger partial charge in [0.05, 0.1) is 4.47 Å². The first-order valence-electron chi connectivity index (χ1n) is 5.81. The second kappa shape index (κ2) is 5.90. The Balaban J connectivity index is 2.42. The number of aromatic nitrogens is 1. The van der Waals surface area contributed by atoms with Gasteiger partial charge in [0.25, 0.3) is 0 Å². The van der Waals surface area contributed by atoms with Crippen molar-refractivity contribution >= 4 is 27.5 Å². The number of pyridine rings is 1. The van der Waals surface area contributed by atoms with Crippen LogP contribution in [0.5, 0.6) is 11.5 Å². The van der Waals surface area contributed by atoms with Crippen LogP contribution in [-0.4, -0.2) is 4.98 Å². The summed E-state index contributed by atoms with van der Waals surface area (Å²) in [5.74, 6) is 1.43. The van der Waals surface area contributed by atoms with Gasteiger partial charge < -0.3 is 10.5 Å². The summed E-state index contributed by atoms with van der Waals surface area (Å²) in [5, 5.41) is 0.653. The van der Waals surface area contributed by atoms with E-state index in [1.165, 1.54) is 0 Å². The Morgan fingerprint density at radius 3 is 2.63 bits per heavy atom. The highest BCUT2D eigenvalue weighted by atomic mass is 79.9. The molecule has 0 aliphatic rings. The van der Waals surface area contributed by atoms with Crippen LogP contribution in [0.25, 0.3) is 0 Å². The van der Waals surface area contributed by atoms with E-state index in [0.717, 1.165) is 27.2 Å². The summed E-state index contributed by atoms with van der Waals surface area (Å²) in [7, 11) is 0. The lowest BCUT2D eigenvalue weighted by molar-refractivity contribution is 0.471. The highest BCUT2D eigenvalue weighted by Crippen LogP contribution is 2.34. The summed E-state index contributed by atoms with van der Waals surface area (Å²) in [6.07, 6.45) is 0. The first-order valence-corrected chi connectivity index (χ1v) is 6.98. The second-order valence-corrected chi connectivity index (χ2v) is 5.50. The molecule has 100 valence electrons. The zero-order valence-electron chi connectivity index (χ0n) is 10.7. The molecule has 0 amide bonds. The Bertz CT molecular complexity index is 617. The number of rotatable bonds is 3. The fourth-order valence-electron chi connectivity index (χ4n) is 1.84. The lowest BCUT2D eigenvalue weighted by Gasteiger charge is -2.14. The van der Waals surface area contributed by atoms with Crippen molar-refractivity contribution in [3.8, 4) is 11.5 Å². The minimum Gasteiger partial charge on any atom is -0.456 e. The van der Waals surface area contributed by atoms with Crippen molar-refractivity contribution in [3.63, 3.8) is 0 Å². The number of hydrogen-bond donors (Lipinski definition) is 1. The van der Waals surface area contributed by atoms with Gasteiger partial charge in [-0.15, -0.1) is 0 Å². The smallest absolute Gasteiger partial charge is 0.141 e. The number of nitrogens with zero attached hydrogens (tertiary/aromatic N) is 1. The molecule has 0 spiro atoms. The van der Waals surface area contributed by atoms with Crippen LogP contribution < -0.4 is 10.5 Å². The lowest BCUT2D eigenvalue weighted by atomic mass is 10.1. The Kier molecular flexibility index (Phi) is 4.45. The van der Waals surface area contributed by atoms with Crippen LogP contribution in [-0.2, 0) is 6.54 Å². The van der Waals surface area contributed by atoms with Crippen molar-refractivity contribution in [3.05, 3.63) is 50.7 Å². The van der Waals surface area contributed by atoms with Crippen LogP contribution >= 0.6 is 27.5 Å². The molecule has 19 heavy (non-hydrogen) atoms. The summed E-state index contributed by atoms with van der Waals surface area (Å²) in [4.78, 5) is 4.39. The van der Waals surface area contributed by atoms with Gasteiger partial charge in [-0.05, 0) is 48.0 Å². The fourth-order valence-corrected chi connectivity index (χ4v) is 2.60. The van der Waals surface area contributed by atoms with E-state index >= 15 is 0 Å². The number of halogens is 2. The zero-order valence-corrected chi connectivity index (χ0v) is 13.0. The molecular formula is C14H14BrClN2O. The number of ether oxygens (including phenoxy) is 1. The molecule has 1 aromatic carbocycles. The van der Waals surface area contributed by atoms with Crippen molar-refractivity contribution in [2.45, 2.75) is 20.4 Å². The van der Waals surface area contributed by atoms with E-state index in [1.807, 2.05) is 26.0 Å². The largest absolute Gasteiger partial charge is 0.456 e. The van der Waals surface area contributed by atoms with Crippen LogP contribution in [0.3, 0.4) is 0 Å². The second-order valence-electron chi connectivity index (χ2n) is 4.21. The minimum atomic E-state index is 0.389. The molecule has 0 saturated heterocycles. The standard InChI is InChI=1S/C14H14BrClN2O/c1-8-5-14(11(7-17)9(2)18-8)19-13-4-3-10(16)6-12(13)15/h3-6H,7,17H2,1-2H3. The number of hydrogen-bond acceptors (Lipinski definition) is 3. The third kappa shape index (κ3) is 3.26. The van der Waals surface area contributed by atoms with Gasteiger partial charge in [-0.2, -0.15) is 0 Å². The van der Waals surface area contributed by atoms with Crippen molar-refractivity contribution < 1.29 is 4.74 Å². The predicted octanol–water partition coefficient (Wildman–Crippen LogP) is 4.37. The van der Waals surface area contributed by atoms with Crippen LogP contribution in [0.1, 0.15) is 17.0 Å². The molecule has 2 aromatic rings. The fraction of sp³-hybridized carbons (Fsp3) is 0.214. The highest BCUT2D eigenvalue weighted by Gasteiger charge is 2.11. The maximum atomic E-state index is 5.92. The van der Waals surface area contributed by atoms with Gasteiger partial charge in [-0.1, -0.05) is 11.6 Å². The lowest BCUT2D eigenvalue weighted by Crippen LogP contribution is -2.05. The summed E-state index contributed by atoms with van der Waals surface area (Å²) in [5.41, 5.74) is 8.46. The van der Waals surface area contributed by atoms with Gasteiger partial charge in [0.2, 0.25) is 0 Å².